The van der Waals surface area contributed by atoms with Crippen LogP contribution in [-0.4, -0.2) is 81.1 Å². The molecule has 158 valence electrons. The van der Waals surface area contributed by atoms with Crippen molar-refractivity contribution in [2.45, 2.75) is 32.6 Å². The lowest BCUT2D eigenvalue weighted by atomic mass is 10.2. The highest BCUT2D eigenvalue weighted by molar-refractivity contribution is 5.92. The first-order chi connectivity index (χ1) is 14.7. The minimum absolute atomic E-state index is 0.281. The molecule has 5 rings (SSSR count). The Morgan fingerprint density at radius 2 is 1.67 bits per heavy atom. The number of carbonyl (C=O) groups excluding carboxylic acids is 1. The zero-order chi connectivity index (χ0) is 20.5. The van der Waals surface area contributed by atoms with Crippen molar-refractivity contribution in [2.75, 3.05) is 50.7 Å². The zero-order valence-corrected chi connectivity index (χ0v) is 17.6. The van der Waals surface area contributed by atoms with E-state index >= 15 is 0 Å². The molecule has 2 aliphatic heterocycles. The summed E-state index contributed by atoms with van der Waals surface area (Å²) in [6.45, 7) is 7.63. The van der Waals surface area contributed by atoms with Gasteiger partial charge in [0.25, 0.3) is 0 Å². The minimum atomic E-state index is 0.281. The molecule has 0 atom stereocenters. The van der Waals surface area contributed by atoms with Crippen molar-refractivity contribution in [3.8, 4) is 0 Å². The first-order valence-corrected chi connectivity index (χ1v) is 11.1. The van der Waals surface area contributed by atoms with Crippen LogP contribution in [-0.2, 0) is 4.79 Å². The first kappa shape index (κ1) is 19.2. The van der Waals surface area contributed by atoms with E-state index in [-0.39, 0.29) is 5.91 Å². The average molecular weight is 408 g/mol. The van der Waals surface area contributed by atoms with E-state index in [0.717, 1.165) is 80.4 Å². The third-order valence-electron chi connectivity index (χ3n) is 6.24. The number of nitrogens with zero attached hydrogens (tertiary/aromatic N) is 7. The number of likely N-dealkylation sites (tertiary alicyclic amines) is 1. The summed E-state index contributed by atoms with van der Waals surface area (Å²) in [5.41, 5.74) is 1.79. The van der Waals surface area contributed by atoms with Crippen LogP contribution in [0.4, 0.5) is 5.95 Å². The van der Waals surface area contributed by atoms with Gasteiger partial charge in [0, 0.05) is 44.7 Å². The molecule has 0 bridgehead atoms. The normalized spacial score (nSPS) is 18.8. The highest BCUT2D eigenvalue weighted by Gasteiger charge is 2.25. The fraction of sp³-hybridized carbons (Fsp3) is 0.545. The number of benzene rings is 1. The lowest BCUT2D eigenvalue weighted by molar-refractivity contribution is -0.132. The molecule has 0 N–H and O–H groups in total. The number of hydrogen-bond acceptors (Lipinski definition) is 6. The van der Waals surface area contributed by atoms with Gasteiger partial charge in [0.1, 0.15) is 5.82 Å². The maximum Gasteiger partial charge on any atom is 0.236 e. The number of carbonyl (C=O) groups is 1. The second kappa shape index (κ2) is 8.18. The van der Waals surface area contributed by atoms with Gasteiger partial charge in [0.15, 0.2) is 5.65 Å². The van der Waals surface area contributed by atoms with Crippen LogP contribution in [0.2, 0.25) is 0 Å². The van der Waals surface area contributed by atoms with E-state index in [4.69, 9.17) is 4.98 Å². The fourth-order valence-corrected chi connectivity index (χ4v) is 4.57. The predicted molar refractivity (Wildman–Crippen MR) is 117 cm³/mol. The summed E-state index contributed by atoms with van der Waals surface area (Å²) in [7, 11) is 0. The van der Waals surface area contributed by atoms with Crippen LogP contribution >= 0.6 is 0 Å². The van der Waals surface area contributed by atoms with E-state index in [0.29, 0.717) is 6.54 Å². The number of aromatic nitrogens is 4. The van der Waals surface area contributed by atoms with Gasteiger partial charge in [-0.2, -0.15) is 4.52 Å². The van der Waals surface area contributed by atoms with Crippen molar-refractivity contribution in [2.24, 2.45) is 0 Å². The Kier molecular flexibility index (Phi) is 5.25. The number of aryl methyl sites for hydroxylation is 1. The molecule has 2 saturated heterocycles. The molecule has 0 unspecified atom stereocenters. The van der Waals surface area contributed by atoms with Gasteiger partial charge in [-0.1, -0.05) is 25.0 Å². The summed E-state index contributed by atoms with van der Waals surface area (Å²) in [5.74, 6) is 1.86. The van der Waals surface area contributed by atoms with Gasteiger partial charge in [0.2, 0.25) is 11.9 Å². The first-order valence-electron chi connectivity index (χ1n) is 11.1. The van der Waals surface area contributed by atoms with Gasteiger partial charge in [-0.3, -0.25) is 9.69 Å². The summed E-state index contributed by atoms with van der Waals surface area (Å²) in [4.78, 5) is 28.9. The predicted octanol–water partition coefficient (Wildman–Crippen LogP) is 2.11. The largest absolute Gasteiger partial charge is 0.342 e. The quantitative estimate of drug-likeness (QED) is 0.662. The molecule has 8 nitrogen and oxygen atoms in total. The monoisotopic (exact) mass is 407 g/mol. The molecule has 2 aromatic heterocycles. The summed E-state index contributed by atoms with van der Waals surface area (Å²) >= 11 is 0. The van der Waals surface area contributed by atoms with Crippen LogP contribution < -0.4 is 4.90 Å². The van der Waals surface area contributed by atoms with Gasteiger partial charge in [-0.15, -0.1) is 5.10 Å². The van der Waals surface area contributed by atoms with E-state index in [1.807, 2.05) is 35.7 Å². The fourth-order valence-electron chi connectivity index (χ4n) is 4.57. The molecule has 0 saturated carbocycles. The molecule has 1 aromatic carbocycles. The summed E-state index contributed by atoms with van der Waals surface area (Å²) < 4.78 is 1.87. The van der Waals surface area contributed by atoms with Crippen LogP contribution in [0.1, 0.15) is 31.5 Å². The van der Waals surface area contributed by atoms with Crippen molar-refractivity contribution in [3.05, 3.63) is 30.1 Å². The molecular weight excluding hydrogens is 378 g/mol. The summed E-state index contributed by atoms with van der Waals surface area (Å²) in [6, 6.07) is 8.08. The zero-order valence-electron chi connectivity index (χ0n) is 17.6. The van der Waals surface area contributed by atoms with Crippen molar-refractivity contribution >= 4 is 28.4 Å². The number of fused-ring (bicyclic) bond motifs is 3. The van der Waals surface area contributed by atoms with E-state index < -0.39 is 0 Å². The van der Waals surface area contributed by atoms with Gasteiger partial charge in [0.05, 0.1) is 12.1 Å². The molecule has 8 heteroatoms. The van der Waals surface area contributed by atoms with Gasteiger partial charge >= 0.3 is 0 Å². The Morgan fingerprint density at radius 1 is 0.933 bits per heavy atom. The highest BCUT2D eigenvalue weighted by Crippen LogP contribution is 2.23. The second-order valence-corrected chi connectivity index (χ2v) is 8.38. The molecular formula is C22H29N7O. The number of piperazine rings is 1. The Balaban J connectivity index is 1.30. The average Bonchev–Trinajstić information content (AvgIpc) is 2.97. The van der Waals surface area contributed by atoms with E-state index in [1.54, 1.807) is 0 Å². The van der Waals surface area contributed by atoms with Crippen LogP contribution in [0.15, 0.2) is 24.3 Å². The number of anilines is 1. The van der Waals surface area contributed by atoms with Crippen LogP contribution in [0.25, 0.3) is 16.6 Å². The van der Waals surface area contributed by atoms with Crippen molar-refractivity contribution < 1.29 is 4.79 Å². The van der Waals surface area contributed by atoms with Crippen LogP contribution in [0, 0.1) is 6.92 Å². The summed E-state index contributed by atoms with van der Waals surface area (Å²) in [6.07, 6.45) is 4.77. The lowest BCUT2D eigenvalue weighted by Gasteiger charge is -2.35. The number of amides is 1. The highest BCUT2D eigenvalue weighted by atomic mass is 16.2. The molecule has 2 fully saturated rings. The smallest absolute Gasteiger partial charge is 0.236 e. The van der Waals surface area contributed by atoms with E-state index in [9.17, 15) is 4.79 Å². The lowest BCUT2D eigenvalue weighted by Crippen LogP contribution is -2.50. The summed E-state index contributed by atoms with van der Waals surface area (Å²) in [5, 5.41) is 5.62. The Morgan fingerprint density at radius 3 is 2.43 bits per heavy atom. The topological polar surface area (TPSA) is 69.9 Å². The molecule has 30 heavy (non-hydrogen) atoms. The number of hydrogen-bond donors (Lipinski definition) is 0. The van der Waals surface area contributed by atoms with Gasteiger partial charge in [-0.25, -0.2) is 9.97 Å². The second-order valence-electron chi connectivity index (χ2n) is 8.38. The maximum atomic E-state index is 12.7. The Hall–Kier alpha value is -2.74. The number of rotatable bonds is 3. The molecule has 4 heterocycles. The minimum Gasteiger partial charge on any atom is -0.342 e. The molecule has 1 amide bonds. The molecule has 0 spiro atoms. The van der Waals surface area contributed by atoms with Crippen LogP contribution in [0.5, 0.6) is 0 Å². The van der Waals surface area contributed by atoms with Crippen molar-refractivity contribution in [3.63, 3.8) is 0 Å². The van der Waals surface area contributed by atoms with E-state index in [2.05, 4.69) is 24.8 Å². The molecule has 2 aliphatic rings. The maximum absolute atomic E-state index is 12.7. The molecule has 3 aromatic rings. The third-order valence-corrected chi connectivity index (χ3v) is 6.24. The van der Waals surface area contributed by atoms with Gasteiger partial charge in [-0.05, 0) is 31.9 Å². The number of para-hydroxylation sites is 1. The van der Waals surface area contributed by atoms with Crippen molar-refractivity contribution in [1.82, 2.24) is 29.4 Å². The van der Waals surface area contributed by atoms with E-state index in [1.165, 1.54) is 12.8 Å². The Bertz CT molecular complexity index is 1050. The van der Waals surface area contributed by atoms with Crippen molar-refractivity contribution in [1.29, 1.82) is 0 Å². The Labute approximate surface area is 176 Å². The SMILES string of the molecule is Cc1nc2c3ccccc3nc(N3CCN(CC(=O)N4CCCCCC4)CC3)n2n1. The third kappa shape index (κ3) is 3.71. The van der Waals surface area contributed by atoms with Gasteiger partial charge < -0.3 is 9.80 Å². The van der Waals surface area contributed by atoms with Crippen LogP contribution in [0.3, 0.4) is 0 Å². The molecule has 0 radical (unpaired) electrons. The molecule has 0 aliphatic carbocycles. The standard InChI is InChI=1S/C22H29N7O/c1-17-23-21-18-8-4-5-9-19(18)24-22(29(21)25-17)28-14-12-26(13-15-28)16-20(30)27-10-6-2-3-7-11-27/h4-5,8-9H,2-3,6-7,10-16H2,1H3.